The Morgan fingerprint density at radius 1 is 1.62 bits per heavy atom. The van der Waals surface area contributed by atoms with E-state index in [1.54, 1.807) is 6.07 Å². The van der Waals surface area contributed by atoms with Crippen LogP contribution in [-0.2, 0) is 0 Å². The topological polar surface area (TPSA) is 81.8 Å². The van der Waals surface area contributed by atoms with Crippen LogP contribution in [0.2, 0.25) is 0 Å². The van der Waals surface area contributed by atoms with E-state index in [-0.39, 0.29) is 0 Å². The first-order valence-corrected chi connectivity index (χ1v) is 3.45. The lowest BCUT2D eigenvalue weighted by Crippen LogP contribution is -1.83. The van der Waals surface area contributed by atoms with E-state index in [1.807, 2.05) is 6.07 Å². The SMILES string of the molecule is COc1ccc(N=[N+]=[N-])c(C#N)c1. The molecular weight excluding hydrogens is 168 g/mol. The Kier molecular flexibility index (Phi) is 2.74. The molecule has 0 amide bonds. The van der Waals surface area contributed by atoms with E-state index < -0.39 is 0 Å². The highest BCUT2D eigenvalue weighted by atomic mass is 16.5. The highest BCUT2D eigenvalue weighted by Crippen LogP contribution is 2.23. The van der Waals surface area contributed by atoms with E-state index >= 15 is 0 Å². The van der Waals surface area contributed by atoms with E-state index in [2.05, 4.69) is 10.0 Å². The number of methoxy groups -OCH3 is 1. The summed E-state index contributed by atoms with van der Waals surface area (Å²) in [7, 11) is 1.50. The molecule has 0 atom stereocenters. The van der Waals surface area contributed by atoms with Gasteiger partial charge in [-0.25, -0.2) is 0 Å². The van der Waals surface area contributed by atoms with Crippen molar-refractivity contribution in [3.8, 4) is 11.8 Å². The van der Waals surface area contributed by atoms with Crippen LogP contribution in [-0.4, -0.2) is 7.11 Å². The van der Waals surface area contributed by atoms with Gasteiger partial charge in [0.1, 0.15) is 5.75 Å². The Labute approximate surface area is 74.8 Å². The number of benzene rings is 1. The molecule has 13 heavy (non-hydrogen) atoms. The maximum Gasteiger partial charge on any atom is 0.120 e. The van der Waals surface area contributed by atoms with Crippen LogP contribution in [0.4, 0.5) is 5.69 Å². The monoisotopic (exact) mass is 174 g/mol. The molecule has 0 saturated carbocycles. The standard InChI is InChI=1S/C8H6N4O/c1-13-7-2-3-8(11-12-10)6(4-7)5-9/h2-4H,1H3. The van der Waals surface area contributed by atoms with Gasteiger partial charge in [-0.2, -0.15) is 5.26 Å². The molecule has 0 heterocycles. The lowest BCUT2D eigenvalue weighted by Gasteiger charge is -2.00. The molecule has 5 heteroatoms. The molecule has 64 valence electrons. The number of azide groups is 1. The van der Waals surface area contributed by atoms with Crippen molar-refractivity contribution in [1.82, 2.24) is 0 Å². The molecule has 1 aromatic rings. The first-order chi connectivity index (χ1) is 6.31. The smallest absolute Gasteiger partial charge is 0.120 e. The van der Waals surface area contributed by atoms with Gasteiger partial charge in [0.2, 0.25) is 0 Å². The molecule has 0 aliphatic rings. The summed E-state index contributed by atoms with van der Waals surface area (Å²) in [5.74, 6) is 0.563. The Balaban J connectivity index is 3.25. The van der Waals surface area contributed by atoms with Gasteiger partial charge in [0, 0.05) is 4.91 Å². The molecule has 0 aliphatic heterocycles. The van der Waals surface area contributed by atoms with Gasteiger partial charge in [0.05, 0.1) is 24.4 Å². The second kappa shape index (κ2) is 4.00. The van der Waals surface area contributed by atoms with E-state index in [9.17, 15) is 0 Å². The Hall–Kier alpha value is -2.18. The van der Waals surface area contributed by atoms with Gasteiger partial charge in [-0.05, 0) is 23.7 Å². The van der Waals surface area contributed by atoms with Crippen LogP contribution in [0.15, 0.2) is 23.3 Å². The fraction of sp³-hybridized carbons (Fsp3) is 0.125. The third-order valence-electron chi connectivity index (χ3n) is 1.48. The molecule has 1 rings (SSSR count). The van der Waals surface area contributed by atoms with Crippen LogP contribution in [0.1, 0.15) is 5.56 Å². The third-order valence-corrected chi connectivity index (χ3v) is 1.48. The molecule has 0 N–H and O–H groups in total. The van der Waals surface area contributed by atoms with E-state index in [0.29, 0.717) is 17.0 Å². The van der Waals surface area contributed by atoms with Crippen molar-refractivity contribution in [2.45, 2.75) is 0 Å². The summed E-state index contributed by atoms with van der Waals surface area (Å²) in [6, 6.07) is 6.60. The van der Waals surface area contributed by atoms with E-state index in [0.717, 1.165) is 0 Å². The largest absolute Gasteiger partial charge is 0.497 e. The number of ether oxygens (including phenoxy) is 1. The average Bonchev–Trinajstić information content (AvgIpc) is 2.19. The van der Waals surface area contributed by atoms with Crippen molar-refractivity contribution >= 4 is 5.69 Å². The minimum absolute atomic E-state index is 0.303. The number of hydrogen-bond acceptors (Lipinski definition) is 3. The number of hydrogen-bond donors (Lipinski definition) is 0. The summed E-state index contributed by atoms with van der Waals surface area (Å²) >= 11 is 0. The number of nitrogens with zero attached hydrogens (tertiary/aromatic N) is 4. The van der Waals surface area contributed by atoms with Gasteiger partial charge in [0.15, 0.2) is 0 Å². The molecular formula is C8H6N4O. The quantitative estimate of drug-likeness (QED) is 0.392. The predicted molar refractivity (Wildman–Crippen MR) is 46.5 cm³/mol. The maximum absolute atomic E-state index is 8.68. The maximum atomic E-state index is 8.68. The Morgan fingerprint density at radius 3 is 2.92 bits per heavy atom. The summed E-state index contributed by atoms with van der Waals surface area (Å²) in [5.41, 5.74) is 8.80. The highest BCUT2D eigenvalue weighted by Gasteiger charge is 2.00. The van der Waals surface area contributed by atoms with Crippen LogP contribution < -0.4 is 4.74 Å². The minimum Gasteiger partial charge on any atom is -0.497 e. The van der Waals surface area contributed by atoms with Gasteiger partial charge in [-0.15, -0.1) is 0 Å². The van der Waals surface area contributed by atoms with Crippen LogP contribution in [0.5, 0.6) is 5.75 Å². The first-order valence-electron chi connectivity index (χ1n) is 3.45. The third kappa shape index (κ3) is 1.89. The van der Waals surface area contributed by atoms with Crippen molar-refractivity contribution in [1.29, 1.82) is 5.26 Å². The van der Waals surface area contributed by atoms with Crippen LogP contribution >= 0.6 is 0 Å². The van der Waals surface area contributed by atoms with Crippen molar-refractivity contribution in [2.24, 2.45) is 5.11 Å². The van der Waals surface area contributed by atoms with Crippen LogP contribution in [0.25, 0.3) is 10.4 Å². The summed E-state index contributed by atoms with van der Waals surface area (Å²) in [6.45, 7) is 0. The summed E-state index contributed by atoms with van der Waals surface area (Å²) in [4.78, 5) is 2.60. The van der Waals surface area contributed by atoms with Crippen LogP contribution in [0.3, 0.4) is 0 Å². The van der Waals surface area contributed by atoms with Crippen molar-refractivity contribution in [3.05, 3.63) is 34.2 Å². The number of nitriles is 1. The van der Waals surface area contributed by atoms with E-state index in [1.165, 1.54) is 19.2 Å². The first kappa shape index (κ1) is 8.91. The second-order valence-electron chi connectivity index (χ2n) is 2.18. The molecule has 1 aromatic carbocycles. The van der Waals surface area contributed by atoms with Gasteiger partial charge >= 0.3 is 0 Å². The average molecular weight is 174 g/mol. The molecule has 0 spiro atoms. The predicted octanol–water partition coefficient (Wildman–Crippen LogP) is 2.51. The zero-order valence-electron chi connectivity index (χ0n) is 6.93. The van der Waals surface area contributed by atoms with Gasteiger partial charge in [-0.3, -0.25) is 0 Å². The molecule has 0 radical (unpaired) electrons. The summed E-state index contributed by atoms with van der Waals surface area (Å²) < 4.78 is 4.90. The zero-order chi connectivity index (χ0) is 9.68. The minimum atomic E-state index is 0.303. The fourth-order valence-corrected chi connectivity index (χ4v) is 0.867. The Bertz CT molecular complexity index is 401. The van der Waals surface area contributed by atoms with Gasteiger partial charge in [-0.1, -0.05) is 5.11 Å². The second-order valence-corrected chi connectivity index (χ2v) is 2.18. The molecule has 5 nitrogen and oxygen atoms in total. The normalized spacial score (nSPS) is 8.31. The fourth-order valence-electron chi connectivity index (χ4n) is 0.867. The molecule has 0 aromatic heterocycles. The number of rotatable bonds is 2. The van der Waals surface area contributed by atoms with Crippen molar-refractivity contribution < 1.29 is 4.74 Å². The Morgan fingerprint density at radius 2 is 2.38 bits per heavy atom. The lowest BCUT2D eigenvalue weighted by molar-refractivity contribution is 0.414. The molecule has 0 unspecified atom stereocenters. The van der Waals surface area contributed by atoms with Crippen molar-refractivity contribution in [2.75, 3.05) is 7.11 Å². The lowest BCUT2D eigenvalue weighted by atomic mass is 10.2. The zero-order valence-corrected chi connectivity index (χ0v) is 6.93. The molecule has 0 fully saturated rings. The summed E-state index contributed by atoms with van der Waals surface area (Å²) in [6.07, 6.45) is 0. The van der Waals surface area contributed by atoms with Gasteiger partial charge < -0.3 is 4.74 Å². The van der Waals surface area contributed by atoms with Crippen LogP contribution in [0, 0.1) is 11.3 Å². The molecule has 0 aliphatic carbocycles. The van der Waals surface area contributed by atoms with Crippen molar-refractivity contribution in [3.63, 3.8) is 0 Å². The highest BCUT2D eigenvalue weighted by molar-refractivity contribution is 5.55. The van der Waals surface area contributed by atoms with Gasteiger partial charge in [0.25, 0.3) is 0 Å². The summed E-state index contributed by atoms with van der Waals surface area (Å²) in [5, 5.41) is 12.0. The molecule has 0 saturated heterocycles. The van der Waals surface area contributed by atoms with E-state index in [4.69, 9.17) is 15.5 Å². The molecule has 0 bridgehead atoms.